The van der Waals surface area contributed by atoms with Crippen LogP contribution in [0.1, 0.15) is 36.2 Å². The lowest BCUT2D eigenvalue weighted by atomic mass is 10.1. The van der Waals surface area contributed by atoms with Crippen molar-refractivity contribution in [2.75, 3.05) is 6.54 Å². The molecule has 0 aliphatic rings. The van der Waals surface area contributed by atoms with Crippen LogP contribution in [0.2, 0.25) is 0 Å². The van der Waals surface area contributed by atoms with Crippen LogP contribution < -0.4 is 5.32 Å². The summed E-state index contributed by atoms with van der Waals surface area (Å²) in [5, 5.41) is 12.3. The summed E-state index contributed by atoms with van der Waals surface area (Å²) in [4.78, 5) is 12.2. The van der Waals surface area contributed by atoms with Gasteiger partial charge in [-0.2, -0.15) is 0 Å². The summed E-state index contributed by atoms with van der Waals surface area (Å²) in [5.41, 5.74) is 1.29. The van der Waals surface area contributed by atoms with E-state index in [0.29, 0.717) is 28.4 Å². The van der Waals surface area contributed by atoms with Gasteiger partial charge in [0.25, 0.3) is 5.91 Å². The third-order valence-corrected chi connectivity index (χ3v) is 3.37. The van der Waals surface area contributed by atoms with Gasteiger partial charge in [0.1, 0.15) is 5.75 Å². The molecule has 3 nitrogen and oxygen atoms in total. The molecule has 1 atom stereocenters. The number of phenols is 1. The number of hydrogen-bond acceptors (Lipinski definition) is 2. The minimum absolute atomic E-state index is 0.105. The normalized spacial score (nSPS) is 12.5. The molecule has 1 rings (SSSR count). The smallest absolute Gasteiger partial charge is 0.251 e. The second-order valence-corrected chi connectivity index (χ2v) is 6.23. The number of carbonyl (C=O) groups excluding carboxylic acids is 1. The topological polar surface area (TPSA) is 49.3 Å². The monoisotopic (exact) mass is 313 g/mol. The summed E-state index contributed by atoms with van der Waals surface area (Å²) in [5.74, 6) is 0.707. The zero-order chi connectivity index (χ0) is 13.7. The Morgan fingerprint density at radius 1 is 1.44 bits per heavy atom. The van der Waals surface area contributed by atoms with Crippen molar-refractivity contribution in [3.63, 3.8) is 0 Å². The molecule has 1 unspecified atom stereocenters. The predicted molar refractivity (Wildman–Crippen MR) is 77.3 cm³/mol. The Kier molecular flexibility index (Phi) is 5.66. The van der Waals surface area contributed by atoms with Gasteiger partial charge in [-0.3, -0.25) is 4.79 Å². The van der Waals surface area contributed by atoms with Crippen LogP contribution in [0.5, 0.6) is 5.75 Å². The Labute approximate surface area is 117 Å². The third-order valence-electron chi connectivity index (χ3n) is 2.67. The van der Waals surface area contributed by atoms with Gasteiger partial charge in [0.15, 0.2) is 0 Å². The average Bonchev–Trinajstić information content (AvgIpc) is 2.28. The van der Waals surface area contributed by atoms with Crippen molar-refractivity contribution >= 4 is 21.8 Å². The van der Waals surface area contributed by atoms with Gasteiger partial charge in [0.2, 0.25) is 0 Å². The van der Waals surface area contributed by atoms with Gasteiger partial charge in [0, 0.05) is 16.9 Å². The Hall–Kier alpha value is -1.03. The number of halogens is 1. The number of rotatable bonds is 5. The Balaban J connectivity index is 2.52. The van der Waals surface area contributed by atoms with E-state index in [1.807, 2.05) is 0 Å². The van der Waals surface area contributed by atoms with Crippen LogP contribution in [0, 0.1) is 12.8 Å². The molecule has 4 heteroatoms. The predicted octanol–water partition coefficient (Wildman–Crippen LogP) is 3.24. The van der Waals surface area contributed by atoms with Crippen LogP contribution in [0.25, 0.3) is 0 Å². The molecular weight excluding hydrogens is 294 g/mol. The van der Waals surface area contributed by atoms with Crippen molar-refractivity contribution in [3.05, 3.63) is 29.3 Å². The van der Waals surface area contributed by atoms with E-state index in [9.17, 15) is 9.90 Å². The number of benzene rings is 1. The lowest BCUT2D eigenvalue weighted by Gasteiger charge is -2.13. The van der Waals surface area contributed by atoms with E-state index >= 15 is 0 Å². The second kappa shape index (κ2) is 6.78. The molecule has 0 aliphatic carbocycles. The molecule has 0 bridgehead atoms. The van der Waals surface area contributed by atoms with Crippen molar-refractivity contribution in [3.8, 4) is 5.75 Å². The molecule has 0 saturated carbocycles. The van der Waals surface area contributed by atoms with Crippen LogP contribution in [-0.4, -0.2) is 22.4 Å². The third kappa shape index (κ3) is 4.69. The largest absolute Gasteiger partial charge is 0.508 e. The van der Waals surface area contributed by atoms with E-state index in [-0.39, 0.29) is 11.7 Å². The zero-order valence-electron chi connectivity index (χ0n) is 11.0. The van der Waals surface area contributed by atoms with Crippen LogP contribution in [0.3, 0.4) is 0 Å². The fourth-order valence-electron chi connectivity index (χ4n) is 1.70. The van der Waals surface area contributed by atoms with Gasteiger partial charge in [0.05, 0.1) is 0 Å². The van der Waals surface area contributed by atoms with Crippen molar-refractivity contribution in [2.24, 2.45) is 5.92 Å². The lowest BCUT2D eigenvalue weighted by Crippen LogP contribution is -2.30. The Bertz CT molecular complexity index is 418. The van der Waals surface area contributed by atoms with Crippen LogP contribution in [0.4, 0.5) is 0 Å². The van der Waals surface area contributed by atoms with Gasteiger partial charge in [-0.15, -0.1) is 0 Å². The molecule has 1 amide bonds. The van der Waals surface area contributed by atoms with Crippen LogP contribution in [-0.2, 0) is 0 Å². The molecular formula is C14H20BrNO2. The van der Waals surface area contributed by atoms with E-state index < -0.39 is 0 Å². The summed E-state index contributed by atoms with van der Waals surface area (Å²) in [7, 11) is 0. The SMILES string of the molecule is Cc1cc(C(=O)NCC(Br)CC(C)C)ccc1O. The van der Waals surface area contributed by atoms with E-state index in [0.717, 1.165) is 6.42 Å². The fraction of sp³-hybridized carbons (Fsp3) is 0.500. The van der Waals surface area contributed by atoms with Gasteiger partial charge in [-0.25, -0.2) is 0 Å². The molecule has 0 fully saturated rings. The minimum atomic E-state index is -0.105. The number of amides is 1. The molecule has 0 aliphatic heterocycles. The first-order valence-electron chi connectivity index (χ1n) is 6.12. The first kappa shape index (κ1) is 15.0. The zero-order valence-corrected chi connectivity index (χ0v) is 12.6. The van der Waals surface area contributed by atoms with Gasteiger partial charge in [-0.05, 0) is 43.0 Å². The first-order valence-corrected chi connectivity index (χ1v) is 7.03. The molecule has 0 radical (unpaired) electrons. The molecule has 2 N–H and O–H groups in total. The van der Waals surface area contributed by atoms with Gasteiger partial charge < -0.3 is 10.4 Å². The second-order valence-electron chi connectivity index (χ2n) is 4.94. The van der Waals surface area contributed by atoms with Crippen molar-refractivity contribution in [1.29, 1.82) is 0 Å². The highest BCUT2D eigenvalue weighted by Crippen LogP contribution is 2.17. The quantitative estimate of drug-likeness (QED) is 0.820. The van der Waals surface area contributed by atoms with E-state index in [1.54, 1.807) is 25.1 Å². The number of carbonyl (C=O) groups is 1. The number of alkyl halides is 1. The van der Waals surface area contributed by atoms with Crippen molar-refractivity contribution < 1.29 is 9.90 Å². The molecule has 0 heterocycles. The summed E-state index contributed by atoms with van der Waals surface area (Å²) in [6.07, 6.45) is 1.02. The highest BCUT2D eigenvalue weighted by Gasteiger charge is 2.11. The Morgan fingerprint density at radius 3 is 2.67 bits per heavy atom. The molecule has 1 aromatic rings. The summed E-state index contributed by atoms with van der Waals surface area (Å²) < 4.78 is 0. The van der Waals surface area contributed by atoms with E-state index in [4.69, 9.17) is 0 Å². The number of aromatic hydroxyl groups is 1. The summed E-state index contributed by atoms with van der Waals surface area (Å²) >= 11 is 3.55. The maximum absolute atomic E-state index is 11.9. The van der Waals surface area contributed by atoms with Gasteiger partial charge in [-0.1, -0.05) is 29.8 Å². The highest BCUT2D eigenvalue weighted by molar-refractivity contribution is 9.09. The molecule has 0 saturated heterocycles. The summed E-state index contributed by atoms with van der Waals surface area (Å²) in [6, 6.07) is 4.86. The number of phenolic OH excluding ortho intramolecular Hbond substituents is 1. The highest BCUT2D eigenvalue weighted by atomic mass is 79.9. The van der Waals surface area contributed by atoms with Crippen molar-refractivity contribution in [2.45, 2.75) is 32.0 Å². The fourth-order valence-corrected chi connectivity index (χ4v) is 2.61. The molecule has 100 valence electrons. The molecule has 0 spiro atoms. The molecule has 1 aromatic carbocycles. The standard InChI is InChI=1S/C14H20BrNO2/c1-9(2)6-12(15)8-16-14(18)11-4-5-13(17)10(3)7-11/h4-5,7,9,12,17H,6,8H2,1-3H3,(H,16,18). The molecule has 18 heavy (non-hydrogen) atoms. The first-order chi connectivity index (χ1) is 8.40. The number of aryl methyl sites for hydroxylation is 1. The number of hydrogen-bond donors (Lipinski definition) is 2. The Morgan fingerprint density at radius 2 is 2.11 bits per heavy atom. The van der Waals surface area contributed by atoms with Crippen LogP contribution >= 0.6 is 15.9 Å². The summed E-state index contributed by atoms with van der Waals surface area (Å²) in [6.45, 7) is 6.69. The van der Waals surface area contributed by atoms with Crippen molar-refractivity contribution in [1.82, 2.24) is 5.32 Å². The van der Waals surface area contributed by atoms with Gasteiger partial charge >= 0.3 is 0 Å². The number of nitrogens with one attached hydrogen (secondary N) is 1. The maximum Gasteiger partial charge on any atom is 0.251 e. The van der Waals surface area contributed by atoms with Crippen LogP contribution in [0.15, 0.2) is 18.2 Å². The van der Waals surface area contributed by atoms with E-state index in [1.165, 1.54) is 0 Å². The van der Waals surface area contributed by atoms with E-state index in [2.05, 4.69) is 35.1 Å². The average molecular weight is 314 g/mol. The lowest BCUT2D eigenvalue weighted by molar-refractivity contribution is 0.0953. The minimum Gasteiger partial charge on any atom is -0.508 e. The maximum atomic E-state index is 11.9. The molecule has 0 aromatic heterocycles.